The third-order valence-corrected chi connectivity index (χ3v) is 3.91. The Balaban J connectivity index is 1.78. The second kappa shape index (κ2) is 7.78. The average Bonchev–Trinajstić information content (AvgIpc) is 2.86. The first-order chi connectivity index (χ1) is 11.0. The minimum Gasteiger partial charge on any atom is -0.386 e. The highest BCUT2D eigenvalue weighted by atomic mass is 16.3. The number of aliphatic hydroxyl groups is 1. The molecule has 2 aromatic rings. The van der Waals surface area contributed by atoms with Crippen LogP contribution in [0.1, 0.15) is 35.5 Å². The van der Waals surface area contributed by atoms with E-state index in [4.69, 9.17) is 0 Å². The van der Waals surface area contributed by atoms with E-state index < -0.39 is 6.10 Å². The number of H-pyrrole nitrogens is 1. The molecule has 0 radical (unpaired) electrons. The maximum Gasteiger partial charge on any atom is 0.315 e. The highest BCUT2D eigenvalue weighted by molar-refractivity contribution is 5.74. The summed E-state index contributed by atoms with van der Waals surface area (Å²) in [5, 5.41) is 22.9. The summed E-state index contributed by atoms with van der Waals surface area (Å²) in [6.07, 6.45) is -0.0164. The fraction of sp³-hybridized carbons (Fsp3) is 0.412. The van der Waals surface area contributed by atoms with Crippen molar-refractivity contribution in [1.29, 1.82) is 0 Å². The summed E-state index contributed by atoms with van der Waals surface area (Å²) in [4.78, 5) is 11.9. The number of rotatable bonds is 6. The van der Waals surface area contributed by atoms with Gasteiger partial charge in [-0.1, -0.05) is 30.3 Å². The van der Waals surface area contributed by atoms with Crippen molar-refractivity contribution in [3.05, 3.63) is 52.8 Å². The molecule has 6 heteroatoms. The number of hydrogen-bond donors (Lipinski definition) is 4. The molecule has 0 saturated heterocycles. The molecule has 0 spiro atoms. The second-order valence-electron chi connectivity index (χ2n) is 5.71. The van der Waals surface area contributed by atoms with Crippen LogP contribution in [0.25, 0.3) is 0 Å². The molecule has 23 heavy (non-hydrogen) atoms. The Morgan fingerprint density at radius 1 is 1.30 bits per heavy atom. The SMILES string of the molecule is Cc1n[nH]c(C)c1CCNC(=O)N[C@@H](C)[C@H](O)c1ccccc1. The van der Waals surface area contributed by atoms with E-state index in [1.54, 1.807) is 6.92 Å². The number of benzene rings is 1. The van der Waals surface area contributed by atoms with Crippen molar-refractivity contribution in [3.63, 3.8) is 0 Å². The average molecular weight is 316 g/mol. The van der Waals surface area contributed by atoms with Crippen molar-refractivity contribution in [1.82, 2.24) is 20.8 Å². The smallest absolute Gasteiger partial charge is 0.315 e. The molecule has 1 aromatic carbocycles. The van der Waals surface area contributed by atoms with Crippen molar-refractivity contribution in [2.24, 2.45) is 0 Å². The number of carbonyl (C=O) groups is 1. The van der Waals surface area contributed by atoms with Crippen molar-refractivity contribution in [3.8, 4) is 0 Å². The van der Waals surface area contributed by atoms with Crippen LogP contribution in [0.3, 0.4) is 0 Å². The Kier molecular flexibility index (Phi) is 5.76. The van der Waals surface area contributed by atoms with Crippen LogP contribution >= 0.6 is 0 Å². The summed E-state index contributed by atoms with van der Waals surface area (Å²) >= 11 is 0. The Morgan fingerprint density at radius 2 is 2.00 bits per heavy atom. The van der Waals surface area contributed by atoms with E-state index >= 15 is 0 Å². The summed E-state index contributed by atoms with van der Waals surface area (Å²) in [5.41, 5.74) is 3.89. The van der Waals surface area contributed by atoms with Gasteiger partial charge in [-0.3, -0.25) is 5.10 Å². The van der Waals surface area contributed by atoms with Crippen LogP contribution in [0.5, 0.6) is 0 Å². The Hall–Kier alpha value is -2.34. The van der Waals surface area contributed by atoms with Crippen LogP contribution in [-0.2, 0) is 6.42 Å². The highest BCUT2D eigenvalue weighted by Crippen LogP contribution is 2.15. The molecule has 0 aliphatic carbocycles. The number of aliphatic hydroxyl groups excluding tert-OH is 1. The number of amides is 2. The van der Waals surface area contributed by atoms with Gasteiger partial charge < -0.3 is 15.7 Å². The van der Waals surface area contributed by atoms with Crippen LogP contribution in [-0.4, -0.2) is 33.9 Å². The molecular formula is C17H24N4O2. The summed E-state index contributed by atoms with van der Waals surface area (Å²) < 4.78 is 0. The molecule has 2 amide bonds. The van der Waals surface area contributed by atoms with Crippen molar-refractivity contribution in [2.45, 2.75) is 39.3 Å². The van der Waals surface area contributed by atoms with Gasteiger partial charge in [-0.05, 0) is 38.3 Å². The van der Waals surface area contributed by atoms with E-state index in [0.29, 0.717) is 6.54 Å². The van der Waals surface area contributed by atoms with Gasteiger partial charge in [0, 0.05) is 12.2 Å². The van der Waals surface area contributed by atoms with Crippen molar-refractivity contribution < 1.29 is 9.90 Å². The minimum atomic E-state index is -0.736. The van der Waals surface area contributed by atoms with Crippen molar-refractivity contribution in [2.75, 3.05) is 6.54 Å². The molecular weight excluding hydrogens is 292 g/mol. The monoisotopic (exact) mass is 316 g/mol. The van der Waals surface area contributed by atoms with E-state index in [0.717, 1.165) is 28.9 Å². The first kappa shape index (κ1) is 17.0. The van der Waals surface area contributed by atoms with Crippen molar-refractivity contribution >= 4 is 6.03 Å². The fourth-order valence-corrected chi connectivity index (χ4v) is 2.52. The molecule has 124 valence electrons. The third-order valence-electron chi connectivity index (χ3n) is 3.91. The summed E-state index contributed by atoms with van der Waals surface area (Å²) in [6, 6.07) is 8.63. The lowest BCUT2D eigenvalue weighted by Crippen LogP contribution is -2.44. The van der Waals surface area contributed by atoms with E-state index in [-0.39, 0.29) is 12.1 Å². The van der Waals surface area contributed by atoms with Gasteiger partial charge in [-0.25, -0.2) is 4.79 Å². The maximum absolute atomic E-state index is 11.9. The molecule has 4 N–H and O–H groups in total. The fourth-order valence-electron chi connectivity index (χ4n) is 2.52. The minimum absolute atomic E-state index is 0.286. The quantitative estimate of drug-likeness (QED) is 0.657. The molecule has 2 atom stereocenters. The number of aryl methyl sites for hydroxylation is 2. The van der Waals surface area contributed by atoms with Crippen LogP contribution in [0.4, 0.5) is 4.79 Å². The molecule has 0 bridgehead atoms. The van der Waals surface area contributed by atoms with Crippen LogP contribution in [0.2, 0.25) is 0 Å². The lowest BCUT2D eigenvalue weighted by atomic mass is 10.0. The molecule has 1 heterocycles. The number of nitrogens with zero attached hydrogens (tertiary/aromatic N) is 1. The molecule has 1 aromatic heterocycles. The molecule has 0 unspecified atom stereocenters. The topological polar surface area (TPSA) is 90.0 Å². The normalized spacial score (nSPS) is 13.4. The lowest BCUT2D eigenvalue weighted by molar-refractivity contribution is 0.137. The predicted octanol–water partition coefficient (Wildman–Crippen LogP) is 1.99. The van der Waals surface area contributed by atoms with Gasteiger partial charge in [0.2, 0.25) is 0 Å². The molecule has 6 nitrogen and oxygen atoms in total. The first-order valence-electron chi connectivity index (χ1n) is 7.77. The maximum atomic E-state index is 11.9. The van der Waals surface area contributed by atoms with Gasteiger partial charge in [0.1, 0.15) is 0 Å². The van der Waals surface area contributed by atoms with Gasteiger partial charge in [0.25, 0.3) is 0 Å². The standard InChI is InChI=1S/C17H24N4O2/c1-11-15(12(2)21-20-11)9-10-18-17(23)19-13(3)16(22)14-7-5-4-6-8-14/h4-8,13,16,22H,9-10H2,1-3H3,(H,20,21)(H2,18,19,23)/t13-,16-/m0/s1. The van der Waals surface area contributed by atoms with Gasteiger partial charge >= 0.3 is 6.03 Å². The number of urea groups is 1. The molecule has 2 rings (SSSR count). The van der Waals surface area contributed by atoms with E-state index in [1.165, 1.54) is 0 Å². The number of hydrogen-bond acceptors (Lipinski definition) is 3. The number of aromatic amines is 1. The molecule has 0 fully saturated rings. The zero-order valence-electron chi connectivity index (χ0n) is 13.8. The van der Waals surface area contributed by atoms with Gasteiger partial charge in [-0.2, -0.15) is 5.10 Å². The van der Waals surface area contributed by atoms with E-state index in [9.17, 15) is 9.90 Å². The number of aromatic nitrogens is 2. The molecule has 0 saturated carbocycles. The largest absolute Gasteiger partial charge is 0.386 e. The number of nitrogens with one attached hydrogen (secondary N) is 3. The second-order valence-corrected chi connectivity index (χ2v) is 5.71. The zero-order valence-corrected chi connectivity index (χ0v) is 13.8. The Morgan fingerprint density at radius 3 is 2.61 bits per heavy atom. The highest BCUT2D eigenvalue weighted by Gasteiger charge is 2.18. The summed E-state index contributed by atoms with van der Waals surface area (Å²) in [5.74, 6) is 0. The molecule has 0 aliphatic rings. The summed E-state index contributed by atoms with van der Waals surface area (Å²) in [7, 11) is 0. The van der Waals surface area contributed by atoms with Gasteiger partial charge in [-0.15, -0.1) is 0 Å². The van der Waals surface area contributed by atoms with Gasteiger partial charge in [0.05, 0.1) is 17.8 Å². The summed E-state index contributed by atoms with van der Waals surface area (Å²) in [6.45, 7) is 6.20. The van der Waals surface area contributed by atoms with Crippen LogP contribution in [0.15, 0.2) is 30.3 Å². The Labute approximate surface area is 136 Å². The molecule has 0 aliphatic heterocycles. The van der Waals surface area contributed by atoms with Gasteiger partial charge in [0.15, 0.2) is 0 Å². The third kappa shape index (κ3) is 4.56. The predicted molar refractivity (Wildman–Crippen MR) is 89.2 cm³/mol. The first-order valence-corrected chi connectivity index (χ1v) is 7.77. The van der Waals surface area contributed by atoms with Crippen LogP contribution < -0.4 is 10.6 Å². The number of carbonyl (C=O) groups excluding carboxylic acids is 1. The van der Waals surface area contributed by atoms with E-state index in [2.05, 4.69) is 20.8 Å². The van der Waals surface area contributed by atoms with E-state index in [1.807, 2.05) is 44.2 Å². The lowest BCUT2D eigenvalue weighted by Gasteiger charge is -2.20. The zero-order chi connectivity index (χ0) is 16.8. The van der Waals surface area contributed by atoms with Crippen LogP contribution in [0, 0.1) is 13.8 Å². The Bertz CT molecular complexity index is 620.